The number of rotatable bonds is 7. The molecule has 1 atom stereocenters. The number of nitrogens with one attached hydrogen (secondary N) is 3. The van der Waals surface area contributed by atoms with Gasteiger partial charge in [-0.15, -0.1) is 22.0 Å². The molecule has 0 radical (unpaired) electrons. The van der Waals surface area contributed by atoms with Gasteiger partial charge in [-0.1, -0.05) is 65.4 Å². The largest absolute Gasteiger partial charge is 0.332 e. The molecule has 0 bridgehead atoms. The molecule has 4 rings (SSSR count). The van der Waals surface area contributed by atoms with Crippen molar-refractivity contribution in [2.75, 3.05) is 16.0 Å². The number of aryl methyl sites for hydroxylation is 2. The summed E-state index contributed by atoms with van der Waals surface area (Å²) in [7, 11) is 0. The Labute approximate surface area is 212 Å². The Kier molecular flexibility index (Phi) is 7.89. The summed E-state index contributed by atoms with van der Waals surface area (Å²) in [6.45, 7) is 3.90. The highest BCUT2D eigenvalue weighted by Gasteiger charge is 2.23. The van der Waals surface area contributed by atoms with Crippen LogP contribution in [0.4, 0.5) is 16.5 Å². The molecular weight excluding hydrogens is 483 g/mol. The van der Waals surface area contributed by atoms with Gasteiger partial charge in [0, 0.05) is 16.3 Å². The molecule has 0 aliphatic heterocycles. The second kappa shape index (κ2) is 11.2. The van der Waals surface area contributed by atoms with E-state index in [1.54, 1.807) is 0 Å². The summed E-state index contributed by atoms with van der Waals surface area (Å²) in [5, 5.41) is 18.6. The molecular formula is C25H23N5OS3. The van der Waals surface area contributed by atoms with E-state index in [1.807, 2.05) is 92.7 Å². The van der Waals surface area contributed by atoms with Gasteiger partial charge in [-0.2, -0.15) is 0 Å². The lowest BCUT2D eigenvalue weighted by molar-refractivity contribution is -0.115. The molecule has 34 heavy (non-hydrogen) atoms. The van der Waals surface area contributed by atoms with Crippen LogP contribution < -0.4 is 16.0 Å². The van der Waals surface area contributed by atoms with Gasteiger partial charge in [0.15, 0.2) is 5.11 Å². The average molecular weight is 506 g/mol. The lowest BCUT2D eigenvalue weighted by Crippen LogP contribution is -2.19. The van der Waals surface area contributed by atoms with E-state index in [4.69, 9.17) is 12.2 Å². The molecule has 1 aromatic heterocycles. The minimum atomic E-state index is -0.460. The van der Waals surface area contributed by atoms with Gasteiger partial charge in [0.1, 0.15) is 10.3 Å². The van der Waals surface area contributed by atoms with E-state index in [0.717, 1.165) is 26.8 Å². The summed E-state index contributed by atoms with van der Waals surface area (Å²) in [6, 6.07) is 25.5. The van der Waals surface area contributed by atoms with E-state index < -0.39 is 5.25 Å². The molecule has 6 nitrogen and oxygen atoms in total. The Hall–Kier alpha value is -3.27. The monoisotopic (exact) mass is 505 g/mol. The normalized spacial score (nSPS) is 11.5. The molecule has 1 heterocycles. The van der Waals surface area contributed by atoms with E-state index in [9.17, 15) is 4.79 Å². The second-order valence-electron chi connectivity index (χ2n) is 7.50. The molecule has 3 aromatic carbocycles. The molecule has 1 unspecified atom stereocenters. The first-order valence-electron chi connectivity index (χ1n) is 10.5. The minimum absolute atomic E-state index is 0.151. The van der Waals surface area contributed by atoms with Crippen LogP contribution in [0.25, 0.3) is 0 Å². The number of anilines is 3. The van der Waals surface area contributed by atoms with Crippen molar-refractivity contribution in [3.63, 3.8) is 0 Å². The average Bonchev–Trinajstić information content (AvgIpc) is 3.24. The maximum absolute atomic E-state index is 13.2. The van der Waals surface area contributed by atoms with Crippen molar-refractivity contribution in [1.82, 2.24) is 10.2 Å². The summed E-state index contributed by atoms with van der Waals surface area (Å²) in [4.78, 5) is 14.1. The van der Waals surface area contributed by atoms with E-state index in [0.29, 0.717) is 10.2 Å². The Morgan fingerprint density at radius 2 is 1.62 bits per heavy atom. The van der Waals surface area contributed by atoms with Crippen LogP contribution in [0, 0.1) is 13.8 Å². The third-order valence-electron chi connectivity index (χ3n) is 4.75. The fraction of sp³-hybridized carbons (Fsp3) is 0.120. The van der Waals surface area contributed by atoms with Crippen LogP contribution in [0.1, 0.15) is 21.4 Å². The Balaban J connectivity index is 1.48. The highest BCUT2D eigenvalue weighted by atomic mass is 32.2. The van der Waals surface area contributed by atoms with Crippen molar-refractivity contribution < 1.29 is 4.79 Å². The second-order valence-corrected chi connectivity index (χ2v) is 10.3. The molecule has 172 valence electrons. The van der Waals surface area contributed by atoms with E-state index in [1.165, 1.54) is 28.7 Å². The third-order valence-corrected chi connectivity index (χ3v) is 6.96. The molecule has 1 amide bonds. The van der Waals surface area contributed by atoms with E-state index in [2.05, 4.69) is 26.1 Å². The molecule has 0 fully saturated rings. The van der Waals surface area contributed by atoms with Crippen LogP contribution in [0.2, 0.25) is 0 Å². The van der Waals surface area contributed by atoms with Crippen molar-refractivity contribution in [3.8, 4) is 0 Å². The maximum atomic E-state index is 13.2. The van der Waals surface area contributed by atoms with Crippen LogP contribution in [0.15, 0.2) is 83.8 Å². The lowest BCUT2D eigenvalue weighted by Gasteiger charge is -2.17. The van der Waals surface area contributed by atoms with Crippen molar-refractivity contribution in [2.24, 2.45) is 0 Å². The SMILES string of the molecule is Cc1ccc(NC(=S)Nc2cccc(SC(C(=O)Nc3nnc(C)s3)c3ccccc3)c2)cc1. The molecule has 0 saturated heterocycles. The third kappa shape index (κ3) is 6.63. The first-order valence-corrected chi connectivity index (χ1v) is 12.6. The fourth-order valence-corrected chi connectivity index (χ4v) is 5.05. The van der Waals surface area contributed by atoms with Gasteiger partial charge >= 0.3 is 0 Å². The number of thioether (sulfide) groups is 1. The van der Waals surface area contributed by atoms with E-state index in [-0.39, 0.29) is 5.91 Å². The van der Waals surface area contributed by atoms with Crippen LogP contribution in [-0.4, -0.2) is 21.2 Å². The van der Waals surface area contributed by atoms with Crippen molar-refractivity contribution in [1.29, 1.82) is 0 Å². The number of benzene rings is 3. The molecule has 4 aromatic rings. The molecule has 0 spiro atoms. The molecule has 0 saturated carbocycles. The predicted octanol–water partition coefficient (Wildman–Crippen LogP) is 6.44. The van der Waals surface area contributed by atoms with Gasteiger partial charge in [-0.3, -0.25) is 10.1 Å². The number of carbonyl (C=O) groups excluding carboxylic acids is 1. The van der Waals surface area contributed by atoms with Gasteiger partial charge < -0.3 is 10.6 Å². The molecule has 0 aliphatic carbocycles. The summed E-state index contributed by atoms with van der Waals surface area (Å²) >= 11 is 8.28. The van der Waals surface area contributed by atoms with Crippen molar-refractivity contribution >= 4 is 62.8 Å². The zero-order chi connectivity index (χ0) is 23.9. The van der Waals surface area contributed by atoms with Gasteiger partial charge in [-0.05, 0) is 62.0 Å². The first kappa shape index (κ1) is 23.9. The lowest BCUT2D eigenvalue weighted by atomic mass is 10.1. The Morgan fingerprint density at radius 3 is 2.32 bits per heavy atom. The molecule has 9 heteroatoms. The molecule has 3 N–H and O–H groups in total. The van der Waals surface area contributed by atoms with Crippen molar-refractivity contribution in [2.45, 2.75) is 24.0 Å². The summed E-state index contributed by atoms with van der Waals surface area (Å²) < 4.78 is 0. The number of carbonyl (C=O) groups is 1. The highest BCUT2D eigenvalue weighted by molar-refractivity contribution is 8.00. The van der Waals surface area contributed by atoms with E-state index >= 15 is 0 Å². The smallest absolute Gasteiger partial charge is 0.244 e. The zero-order valence-electron chi connectivity index (χ0n) is 18.6. The topological polar surface area (TPSA) is 78.9 Å². The Bertz CT molecular complexity index is 1280. The number of hydrogen-bond acceptors (Lipinski definition) is 6. The maximum Gasteiger partial charge on any atom is 0.244 e. The first-order chi connectivity index (χ1) is 16.5. The predicted molar refractivity (Wildman–Crippen MR) is 146 cm³/mol. The minimum Gasteiger partial charge on any atom is -0.332 e. The van der Waals surface area contributed by atoms with Gasteiger partial charge in [0.2, 0.25) is 11.0 Å². The highest BCUT2D eigenvalue weighted by Crippen LogP contribution is 2.37. The van der Waals surface area contributed by atoms with Gasteiger partial charge in [0.25, 0.3) is 0 Å². The number of thiocarbonyl (C=S) groups is 1. The number of hydrogen-bond donors (Lipinski definition) is 3. The van der Waals surface area contributed by atoms with Gasteiger partial charge in [0.05, 0.1) is 0 Å². The Morgan fingerprint density at radius 1 is 0.882 bits per heavy atom. The summed E-state index contributed by atoms with van der Waals surface area (Å²) in [5.41, 5.74) is 3.84. The summed E-state index contributed by atoms with van der Waals surface area (Å²) in [6.07, 6.45) is 0. The van der Waals surface area contributed by atoms with Crippen LogP contribution in [0.5, 0.6) is 0 Å². The standard InChI is InChI=1S/C25H23N5OS3/c1-16-11-13-19(14-12-16)26-24(32)27-20-9-6-10-21(15-20)34-22(18-7-4-3-5-8-18)23(31)28-25-30-29-17(2)33-25/h3-15,22H,1-2H3,(H2,26,27,32)(H,28,30,31). The van der Waals surface area contributed by atoms with Crippen molar-refractivity contribution in [3.05, 3.63) is 95.0 Å². The van der Waals surface area contributed by atoms with Crippen LogP contribution in [-0.2, 0) is 4.79 Å². The number of amides is 1. The quantitative estimate of drug-likeness (QED) is 0.197. The zero-order valence-corrected chi connectivity index (χ0v) is 21.1. The van der Waals surface area contributed by atoms with Gasteiger partial charge in [-0.25, -0.2) is 0 Å². The fourth-order valence-electron chi connectivity index (χ4n) is 3.13. The van der Waals surface area contributed by atoms with Crippen LogP contribution >= 0.6 is 35.3 Å². The number of aromatic nitrogens is 2. The summed E-state index contributed by atoms with van der Waals surface area (Å²) in [5.74, 6) is -0.151. The number of nitrogens with zero attached hydrogens (tertiary/aromatic N) is 2. The van der Waals surface area contributed by atoms with Crippen LogP contribution in [0.3, 0.4) is 0 Å². The molecule has 0 aliphatic rings.